The number of hydrogen-bond acceptors (Lipinski definition) is 5. The van der Waals surface area contributed by atoms with Crippen molar-refractivity contribution >= 4 is 25.3 Å². The number of halogens is 1. The molecule has 0 aliphatic carbocycles. The van der Waals surface area contributed by atoms with Crippen molar-refractivity contribution in [2.24, 2.45) is 7.05 Å². The zero-order valence-corrected chi connectivity index (χ0v) is 22.5. The summed E-state index contributed by atoms with van der Waals surface area (Å²) >= 11 is 0. The van der Waals surface area contributed by atoms with Gasteiger partial charge in [-0.2, -0.15) is 5.10 Å². The summed E-state index contributed by atoms with van der Waals surface area (Å²) in [5, 5.41) is 7.08. The molecule has 0 fully saturated rings. The lowest BCUT2D eigenvalue weighted by atomic mass is 10.1. The molecular formula is C28H35FN3O4P. The first-order valence-corrected chi connectivity index (χ1v) is 14.3. The molecule has 0 saturated carbocycles. The van der Waals surface area contributed by atoms with E-state index < -0.39 is 7.60 Å². The molecule has 1 aromatic heterocycles. The molecule has 0 aliphatic rings. The topological polar surface area (TPSA) is 82.5 Å². The number of carbonyl (C=O) groups is 1. The monoisotopic (exact) mass is 527 g/mol. The van der Waals surface area contributed by atoms with Gasteiger partial charge in [0.2, 0.25) is 5.91 Å². The minimum Gasteiger partial charge on any atom is -0.323 e. The van der Waals surface area contributed by atoms with E-state index in [0.717, 1.165) is 48.1 Å². The molecule has 0 aliphatic heterocycles. The maximum Gasteiger partial charge on any atom is 0.335 e. The molecule has 0 atom stereocenters. The van der Waals surface area contributed by atoms with Crippen molar-refractivity contribution in [2.75, 3.05) is 18.5 Å². The van der Waals surface area contributed by atoms with Gasteiger partial charge in [-0.15, -0.1) is 0 Å². The molecule has 0 bridgehead atoms. The second-order valence-corrected chi connectivity index (χ2v) is 10.8. The van der Waals surface area contributed by atoms with E-state index in [1.165, 1.54) is 18.2 Å². The Morgan fingerprint density at radius 1 is 1.03 bits per heavy atom. The second kappa shape index (κ2) is 14.0. The summed E-state index contributed by atoms with van der Waals surface area (Å²) in [5.41, 5.74) is 3.73. The van der Waals surface area contributed by atoms with Crippen molar-refractivity contribution in [3.8, 4) is 11.3 Å². The van der Waals surface area contributed by atoms with Gasteiger partial charge in [0.15, 0.2) is 0 Å². The fraction of sp³-hybridized carbons (Fsp3) is 0.357. The highest BCUT2D eigenvalue weighted by atomic mass is 31.2. The van der Waals surface area contributed by atoms with Crippen LogP contribution in [0.5, 0.6) is 0 Å². The quantitative estimate of drug-likeness (QED) is 0.136. The number of anilines is 1. The number of aryl methyl sites for hydroxylation is 1. The third-order valence-corrected chi connectivity index (χ3v) is 7.57. The molecule has 0 radical (unpaired) electrons. The first-order valence-electron chi connectivity index (χ1n) is 12.6. The van der Waals surface area contributed by atoms with Gasteiger partial charge >= 0.3 is 7.60 Å². The number of carbonyl (C=O) groups excluding carboxylic acids is 1. The number of aromatic nitrogens is 2. The van der Waals surface area contributed by atoms with Crippen molar-refractivity contribution in [3.05, 3.63) is 77.7 Å². The summed E-state index contributed by atoms with van der Waals surface area (Å²) in [6.07, 6.45) is 8.48. The van der Waals surface area contributed by atoms with Crippen LogP contribution in [0.15, 0.2) is 60.8 Å². The molecule has 1 N–H and O–H groups in total. The first-order chi connectivity index (χ1) is 17.8. The van der Waals surface area contributed by atoms with E-state index in [1.807, 2.05) is 12.1 Å². The molecule has 3 aromatic rings. The number of benzene rings is 2. The minimum atomic E-state index is -3.25. The van der Waals surface area contributed by atoms with Gasteiger partial charge < -0.3 is 14.4 Å². The van der Waals surface area contributed by atoms with Gasteiger partial charge in [-0.1, -0.05) is 38.8 Å². The fourth-order valence-corrected chi connectivity index (χ4v) is 5.36. The van der Waals surface area contributed by atoms with Crippen molar-refractivity contribution in [1.29, 1.82) is 0 Å². The van der Waals surface area contributed by atoms with E-state index in [0.29, 0.717) is 18.9 Å². The Morgan fingerprint density at radius 3 is 2.24 bits per heavy atom. The van der Waals surface area contributed by atoms with E-state index in [4.69, 9.17) is 9.05 Å². The minimum absolute atomic E-state index is 0.182. The second-order valence-electron chi connectivity index (χ2n) is 8.74. The molecule has 2 aromatic carbocycles. The molecule has 198 valence electrons. The average Bonchev–Trinajstić information content (AvgIpc) is 3.25. The lowest BCUT2D eigenvalue weighted by Crippen LogP contribution is -2.08. The standard InChI is InChI=1S/C28H35FN3O4P/c1-4-6-18-35-37(34,36-19-7-5-2)21-22-8-15-26(16-9-22)31-27(33)17-12-24-20-30-32(3)28(24)23-10-13-25(29)14-11-23/h8-17,20H,4-7,18-19,21H2,1-3H3,(H,31,33)/b17-12+. The highest BCUT2D eigenvalue weighted by molar-refractivity contribution is 7.53. The predicted octanol–water partition coefficient (Wildman–Crippen LogP) is 7.20. The van der Waals surface area contributed by atoms with Gasteiger partial charge in [-0.05, 0) is 60.9 Å². The molecule has 37 heavy (non-hydrogen) atoms. The molecule has 0 unspecified atom stereocenters. The van der Waals surface area contributed by atoms with Crippen LogP contribution in [-0.4, -0.2) is 28.9 Å². The first kappa shape index (κ1) is 28.5. The van der Waals surface area contributed by atoms with Crippen LogP contribution in [0.3, 0.4) is 0 Å². The third-order valence-electron chi connectivity index (χ3n) is 5.67. The number of nitrogens with zero attached hydrogens (tertiary/aromatic N) is 2. The molecule has 7 nitrogen and oxygen atoms in total. The Morgan fingerprint density at radius 2 is 1.65 bits per heavy atom. The Balaban J connectivity index is 1.62. The van der Waals surface area contributed by atoms with E-state index >= 15 is 0 Å². The number of nitrogens with one attached hydrogen (secondary N) is 1. The van der Waals surface area contributed by atoms with Gasteiger partial charge in [0.25, 0.3) is 0 Å². The Hall–Kier alpha value is -3.06. The SMILES string of the molecule is CCCCOP(=O)(Cc1ccc(NC(=O)/C=C/c2cnn(C)c2-c2ccc(F)cc2)cc1)OCCCC. The van der Waals surface area contributed by atoms with Crippen molar-refractivity contribution in [3.63, 3.8) is 0 Å². The predicted molar refractivity (Wildman–Crippen MR) is 146 cm³/mol. The van der Waals surface area contributed by atoms with Gasteiger partial charge in [0.05, 0.1) is 31.3 Å². The zero-order valence-electron chi connectivity index (χ0n) is 21.7. The van der Waals surface area contributed by atoms with Crippen LogP contribution in [0.4, 0.5) is 10.1 Å². The summed E-state index contributed by atoms with van der Waals surface area (Å²) < 4.78 is 39.5. The normalized spacial score (nSPS) is 11.8. The molecule has 1 heterocycles. The summed E-state index contributed by atoms with van der Waals surface area (Å²) in [6.45, 7) is 4.91. The molecule has 1 amide bonds. The van der Waals surface area contributed by atoms with Crippen molar-refractivity contribution in [1.82, 2.24) is 9.78 Å². The smallest absolute Gasteiger partial charge is 0.323 e. The van der Waals surface area contributed by atoms with Crippen molar-refractivity contribution < 1.29 is 22.8 Å². The van der Waals surface area contributed by atoms with E-state index in [1.54, 1.807) is 48.3 Å². The van der Waals surface area contributed by atoms with Crippen LogP contribution in [0.1, 0.15) is 50.7 Å². The summed E-state index contributed by atoms with van der Waals surface area (Å²) in [5.74, 6) is -0.623. The molecule has 9 heteroatoms. The van der Waals surface area contributed by atoms with Gasteiger partial charge in [0.1, 0.15) is 5.82 Å². The Kier molecular flexibility index (Phi) is 10.8. The molecular weight excluding hydrogens is 492 g/mol. The molecule has 0 saturated heterocycles. The maximum atomic E-state index is 13.3. The van der Waals surface area contributed by atoms with Crippen molar-refractivity contribution in [2.45, 2.75) is 45.7 Å². The maximum absolute atomic E-state index is 13.3. The van der Waals surface area contributed by atoms with Crippen LogP contribution in [0.2, 0.25) is 0 Å². The van der Waals surface area contributed by atoms with Crippen LogP contribution < -0.4 is 5.32 Å². The Labute approximate surface area is 218 Å². The molecule has 3 rings (SSSR count). The van der Waals surface area contributed by atoms with E-state index in [2.05, 4.69) is 24.3 Å². The summed E-state index contributed by atoms with van der Waals surface area (Å²) in [4.78, 5) is 12.5. The largest absolute Gasteiger partial charge is 0.335 e. The van der Waals surface area contributed by atoms with Gasteiger partial charge in [-0.3, -0.25) is 14.0 Å². The van der Waals surface area contributed by atoms with Gasteiger partial charge in [0, 0.05) is 29.9 Å². The Bertz CT molecular complexity index is 1210. The lowest BCUT2D eigenvalue weighted by molar-refractivity contribution is -0.111. The van der Waals surface area contributed by atoms with Gasteiger partial charge in [-0.25, -0.2) is 4.39 Å². The third kappa shape index (κ3) is 8.78. The number of unbranched alkanes of at least 4 members (excludes halogenated alkanes) is 2. The lowest BCUT2D eigenvalue weighted by Gasteiger charge is -2.19. The number of amides is 1. The van der Waals surface area contributed by atoms with E-state index in [9.17, 15) is 13.8 Å². The summed E-state index contributed by atoms with van der Waals surface area (Å²) in [6, 6.07) is 13.3. The van der Waals surface area contributed by atoms with Crippen LogP contribution >= 0.6 is 7.60 Å². The highest BCUT2D eigenvalue weighted by Gasteiger charge is 2.25. The van der Waals surface area contributed by atoms with Crippen LogP contribution in [0.25, 0.3) is 17.3 Å². The number of rotatable bonds is 14. The summed E-state index contributed by atoms with van der Waals surface area (Å²) in [7, 11) is -1.45. The zero-order chi connectivity index (χ0) is 26.7. The molecule has 0 spiro atoms. The fourth-order valence-electron chi connectivity index (χ4n) is 3.63. The van der Waals surface area contributed by atoms with Crippen LogP contribution in [0, 0.1) is 5.82 Å². The van der Waals surface area contributed by atoms with Crippen LogP contribution in [-0.2, 0) is 31.6 Å². The number of hydrogen-bond donors (Lipinski definition) is 1. The average molecular weight is 528 g/mol. The highest BCUT2D eigenvalue weighted by Crippen LogP contribution is 2.51. The van der Waals surface area contributed by atoms with E-state index in [-0.39, 0.29) is 17.9 Å².